The number of hydrogen-bond donors (Lipinski definition) is 0. The zero-order valence-corrected chi connectivity index (χ0v) is 8.77. The van der Waals surface area contributed by atoms with Gasteiger partial charge in [0.1, 0.15) is 5.82 Å². The summed E-state index contributed by atoms with van der Waals surface area (Å²) in [6.07, 6.45) is 5.96. The minimum atomic E-state index is -0.336. The van der Waals surface area contributed by atoms with Crippen molar-refractivity contribution in [2.75, 3.05) is 6.61 Å². The number of nitrogens with zero attached hydrogens (tertiary/aromatic N) is 3. The summed E-state index contributed by atoms with van der Waals surface area (Å²) in [4.78, 5) is 4.06. The normalized spacial score (nSPS) is 21.4. The van der Waals surface area contributed by atoms with Crippen LogP contribution in [0.25, 0.3) is 11.0 Å². The third-order valence-electron chi connectivity index (χ3n) is 2.83. The van der Waals surface area contributed by atoms with Crippen LogP contribution in [0.4, 0.5) is 4.39 Å². The Bertz CT molecular complexity index is 505. The van der Waals surface area contributed by atoms with Gasteiger partial charge in [0, 0.05) is 12.0 Å². The molecule has 3 rings (SSSR count). The molecule has 2 aromatic rings. The van der Waals surface area contributed by atoms with Crippen molar-refractivity contribution in [2.24, 2.45) is 0 Å². The molecule has 1 aliphatic heterocycles. The largest absolute Gasteiger partial charge is 0.356 e. The predicted octanol–water partition coefficient (Wildman–Crippen LogP) is 2.27. The first-order valence-electron chi connectivity index (χ1n) is 5.45. The Morgan fingerprint density at radius 2 is 2.31 bits per heavy atom. The summed E-state index contributed by atoms with van der Waals surface area (Å²) in [6, 6.07) is 1.44. The number of pyridine rings is 1. The summed E-state index contributed by atoms with van der Waals surface area (Å²) in [6.45, 7) is 0.757. The van der Waals surface area contributed by atoms with Crippen LogP contribution in [-0.2, 0) is 4.74 Å². The maximum atomic E-state index is 13.0. The smallest absolute Gasteiger partial charge is 0.160 e. The third-order valence-corrected chi connectivity index (χ3v) is 2.83. The fourth-order valence-corrected chi connectivity index (χ4v) is 2.04. The van der Waals surface area contributed by atoms with Gasteiger partial charge >= 0.3 is 0 Å². The van der Waals surface area contributed by atoms with Crippen LogP contribution in [0.2, 0.25) is 0 Å². The molecule has 0 bridgehead atoms. The standard InChI is InChI=1S/C11H12FN3O/c12-9-5-8-6-14-15(11(8)13-7-9)10-3-1-2-4-16-10/h5-7,10H,1-4H2. The Morgan fingerprint density at radius 1 is 1.38 bits per heavy atom. The molecule has 0 amide bonds. The molecule has 4 nitrogen and oxygen atoms in total. The molecule has 1 atom stereocenters. The van der Waals surface area contributed by atoms with Gasteiger partial charge in [0.25, 0.3) is 0 Å². The van der Waals surface area contributed by atoms with E-state index in [1.54, 1.807) is 10.9 Å². The number of ether oxygens (including phenoxy) is 1. The summed E-state index contributed by atoms with van der Waals surface area (Å²) in [5.74, 6) is -0.336. The van der Waals surface area contributed by atoms with E-state index >= 15 is 0 Å². The van der Waals surface area contributed by atoms with Gasteiger partial charge in [-0.2, -0.15) is 5.10 Å². The van der Waals surface area contributed by atoms with Crippen molar-refractivity contribution in [1.29, 1.82) is 0 Å². The topological polar surface area (TPSA) is 39.9 Å². The van der Waals surface area contributed by atoms with Crippen LogP contribution in [0.3, 0.4) is 0 Å². The van der Waals surface area contributed by atoms with E-state index in [2.05, 4.69) is 10.1 Å². The Hall–Kier alpha value is -1.49. The Kier molecular flexibility index (Phi) is 2.32. The van der Waals surface area contributed by atoms with Gasteiger partial charge in [-0.3, -0.25) is 0 Å². The van der Waals surface area contributed by atoms with Crippen LogP contribution in [0.5, 0.6) is 0 Å². The number of rotatable bonds is 1. The van der Waals surface area contributed by atoms with E-state index in [4.69, 9.17) is 4.74 Å². The maximum absolute atomic E-state index is 13.0. The van der Waals surface area contributed by atoms with Gasteiger partial charge in [0.2, 0.25) is 0 Å². The highest BCUT2D eigenvalue weighted by molar-refractivity contribution is 5.74. The highest BCUT2D eigenvalue weighted by Gasteiger charge is 2.19. The van der Waals surface area contributed by atoms with E-state index in [1.165, 1.54) is 12.3 Å². The van der Waals surface area contributed by atoms with Crippen molar-refractivity contribution in [3.05, 3.63) is 24.3 Å². The number of hydrogen-bond acceptors (Lipinski definition) is 3. The van der Waals surface area contributed by atoms with Crippen molar-refractivity contribution >= 4 is 11.0 Å². The first-order chi connectivity index (χ1) is 7.84. The second-order valence-corrected chi connectivity index (χ2v) is 3.98. The van der Waals surface area contributed by atoms with Crippen molar-refractivity contribution in [3.8, 4) is 0 Å². The minimum Gasteiger partial charge on any atom is -0.356 e. The molecule has 1 unspecified atom stereocenters. The van der Waals surface area contributed by atoms with Crippen molar-refractivity contribution in [1.82, 2.24) is 14.8 Å². The quantitative estimate of drug-likeness (QED) is 0.741. The van der Waals surface area contributed by atoms with Crippen LogP contribution < -0.4 is 0 Å². The SMILES string of the molecule is Fc1cnc2c(cnn2C2CCCCO2)c1. The molecule has 3 heterocycles. The lowest BCUT2D eigenvalue weighted by Gasteiger charge is -2.22. The molecule has 0 aliphatic carbocycles. The van der Waals surface area contributed by atoms with Crippen LogP contribution in [-0.4, -0.2) is 21.4 Å². The molecule has 0 N–H and O–H groups in total. The maximum Gasteiger partial charge on any atom is 0.160 e. The molecule has 0 radical (unpaired) electrons. The van der Waals surface area contributed by atoms with Gasteiger partial charge in [-0.25, -0.2) is 14.1 Å². The first kappa shape index (κ1) is 9.72. The van der Waals surface area contributed by atoms with Crippen molar-refractivity contribution < 1.29 is 9.13 Å². The fourth-order valence-electron chi connectivity index (χ4n) is 2.04. The summed E-state index contributed by atoms with van der Waals surface area (Å²) in [5, 5.41) is 4.94. The van der Waals surface area contributed by atoms with E-state index in [1.807, 2.05) is 0 Å². The Balaban J connectivity index is 2.03. The second-order valence-electron chi connectivity index (χ2n) is 3.98. The number of aromatic nitrogens is 3. The van der Waals surface area contributed by atoms with E-state index in [-0.39, 0.29) is 12.0 Å². The van der Waals surface area contributed by atoms with Crippen LogP contribution >= 0.6 is 0 Å². The molecule has 0 spiro atoms. The average Bonchev–Trinajstić information content (AvgIpc) is 2.73. The minimum absolute atomic E-state index is 0.0517. The molecular weight excluding hydrogens is 209 g/mol. The van der Waals surface area contributed by atoms with Gasteiger partial charge in [0.05, 0.1) is 12.4 Å². The third kappa shape index (κ3) is 1.57. The van der Waals surface area contributed by atoms with Gasteiger partial charge < -0.3 is 4.74 Å². The zero-order valence-electron chi connectivity index (χ0n) is 8.77. The molecule has 1 fully saturated rings. The average molecular weight is 221 g/mol. The Morgan fingerprint density at radius 3 is 3.12 bits per heavy atom. The fraction of sp³-hybridized carbons (Fsp3) is 0.455. The highest BCUT2D eigenvalue weighted by atomic mass is 19.1. The van der Waals surface area contributed by atoms with Gasteiger partial charge in [-0.05, 0) is 25.3 Å². The van der Waals surface area contributed by atoms with Crippen molar-refractivity contribution in [3.63, 3.8) is 0 Å². The molecular formula is C11H12FN3O. The predicted molar refractivity (Wildman–Crippen MR) is 56.3 cm³/mol. The van der Waals surface area contributed by atoms with E-state index in [0.717, 1.165) is 25.9 Å². The lowest BCUT2D eigenvalue weighted by Crippen LogP contribution is -2.19. The van der Waals surface area contributed by atoms with E-state index < -0.39 is 0 Å². The van der Waals surface area contributed by atoms with Crippen molar-refractivity contribution in [2.45, 2.75) is 25.5 Å². The molecule has 5 heteroatoms. The summed E-state index contributed by atoms with van der Waals surface area (Å²) in [5.41, 5.74) is 0.688. The monoisotopic (exact) mass is 221 g/mol. The molecule has 0 aromatic carbocycles. The zero-order chi connectivity index (χ0) is 11.0. The van der Waals surface area contributed by atoms with Crippen LogP contribution in [0.1, 0.15) is 25.5 Å². The number of fused-ring (bicyclic) bond motifs is 1. The van der Waals surface area contributed by atoms with E-state index in [0.29, 0.717) is 11.0 Å². The van der Waals surface area contributed by atoms with E-state index in [9.17, 15) is 4.39 Å². The highest BCUT2D eigenvalue weighted by Crippen LogP contribution is 2.25. The molecule has 16 heavy (non-hydrogen) atoms. The van der Waals surface area contributed by atoms with Gasteiger partial charge in [-0.1, -0.05) is 0 Å². The van der Waals surface area contributed by atoms with Gasteiger partial charge in [-0.15, -0.1) is 0 Å². The second kappa shape index (κ2) is 3.83. The lowest BCUT2D eigenvalue weighted by atomic mass is 10.2. The summed E-state index contributed by atoms with van der Waals surface area (Å²) >= 11 is 0. The van der Waals surface area contributed by atoms with Gasteiger partial charge in [0.15, 0.2) is 11.9 Å². The molecule has 2 aromatic heterocycles. The lowest BCUT2D eigenvalue weighted by molar-refractivity contribution is -0.0370. The molecule has 84 valence electrons. The molecule has 0 saturated carbocycles. The molecule has 1 aliphatic rings. The van der Waals surface area contributed by atoms with Crippen LogP contribution in [0.15, 0.2) is 18.5 Å². The first-order valence-corrected chi connectivity index (χ1v) is 5.45. The summed E-state index contributed by atoms with van der Waals surface area (Å²) < 4.78 is 20.3. The van der Waals surface area contributed by atoms with Crippen LogP contribution in [0, 0.1) is 5.82 Å². The summed E-state index contributed by atoms with van der Waals surface area (Å²) in [7, 11) is 0. The molecule has 1 saturated heterocycles. The Labute approximate surface area is 92.0 Å². The number of halogens is 1.